The number of fused-ring (bicyclic) bond motifs is 3. The van der Waals surface area contributed by atoms with Crippen LogP contribution in [0.5, 0.6) is 11.5 Å². The Labute approximate surface area is 193 Å². The molecule has 2 heterocycles. The van der Waals surface area contributed by atoms with Gasteiger partial charge in [-0.3, -0.25) is 4.40 Å². The number of carbonyl (C=O) groups excluding carboxylic acids is 1. The predicted molar refractivity (Wildman–Crippen MR) is 127 cm³/mol. The molecule has 1 saturated carbocycles. The molecule has 3 N–H and O–H groups in total. The van der Waals surface area contributed by atoms with Gasteiger partial charge in [-0.25, -0.2) is 9.78 Å². The van der Waals surface area contributed by atoms with Gasteiger partial charge in [0.05, 0.1) is 25.3 Å². The van der Waals surface area contributed by atoms with Gasteiger partial charge in [0.1, 0.15) is 5.82 Å². The summed E-state index contributed by atoms with van der Waals surface area (Å²) in [6.07, 6.45) is 7.62. The van der Waals surface area contributed by atoms with Gasteiger partial charge in [0.2, 0.25) is 5.65 Å². The minimum atomic E-state index is -0.0592. The number of carbonyl (C=O) groups is 1. The molecule has 0 unspecified atom stereocenters. The van der Waals surface area contributed by atoms with E-state index in [1.165, 1.54) is 19.3 Å². The minimum absolute atomic E-state index is 0.0592. The van der Waals surface area contributed by atoms with E-state index in [2.05, 4.69) is 26.1 Å². The number of hydrogen-bond acceptors (Lipinski definition) is 7. The number of aryl methyl sites for hydroxylation is 1. The quantitative estimate of drug-likeness (QED) is 0.424. The first-order chi connectivity index (χ1) is 16.1. The molecule has 1 aliphatic rings. The summed E-state index contributed by atoms with van der Waals surface area (Å²) in [7, 11) is 3.21. The van der Waals surface area contributed by atoms with Gasteiger partial charge in [0.15, 0.2) is 17.3 Å². The van der Waals surface area contributed by atoms with Crippen LogP contribution in [-0.4, -0.2) is 59.0 Å². The highest BCUT2D eigenvalue weighted by molar-refractivity contribution is 5.85. The molecule has 10 heteroatoms. The van der Waals surface area contributed by atoms with Crippen molar-refractivity contribution in [2.24, 2.45) is 0 Å². The number of amides is 2. The molecule has 0 aliphatic heterocycles. The molecule has 0 saturated heterocycles. The number of unbranched alkanes of at least 4 members (excludes halogenated alkanes) is 1. The van der Waals surface area contributed by atoms with E-state index in [0.717, 1.165) is 42.5 Å². The molecule has 33 heavy (non-hydrogen) atoms. The van der Waals surface area contributed by atoms with Crippen molar-refractivity contribution in [3.05, 3.63) is 18.0 Å². The summed E-state index contributed by atoms with van der Waals surface area (Å²) < 4.78 is 12.8. The standard InChI is InChI=1S/C23H33N7O3/c1-15-28-29-22-21(27-17-13-19(32-2)20(33-3)14-18(17)30(15)22)24-11-7-8-12-25-23(31)26-16-9-5-4-6-10-16/h13-14,16H,4-12H2,1-3H3,(H,24,27)(H2,25,26,31). The minimum Gasteiger partial charge on any atom is -0.493 e. The number of nitrogens with one attached hydrogen (secondary N) is 3. The van der Waals surface area contributed by atoms with Crippen LogP contribution in [0.2, 0.25) is 0 Å². The van der Waals surface area contributed by atoms with E-state index in [1.807, 2.05) is 23.5 Å². The Bertz CT molecular complexity index is 1110. The molecule has 1 aliphatic carbocycles. The zero-order valence-corrected chi connectivity index (χ0v) is 19.6. The van der Waals surface area contributed by atoms with Crippen molar-refractivity contribution in [2.75, 3.05) is 32.6 Å². The molecular weight excluding hydrogens is 422 g/mol. The molecule has 3 aromatic rings. The molecule has 0 atom stereocenters. The van der Waals surface area contributed by atoms with Crippen LogP contribution in [0, 0.1) is 6.92 Å². The Morgan fingerprint density at radius 2 is 1.79 bits per heavy atom. The Kier molecular flexibility index (Phi) is 7.31. The van der Waals surface area contributed by atoms with Gasteiger partial charge in [-0.2, -0.15) is 0 Å². The lowest BCUT2D eigenvalue weighted by molar-refractivity contribution is 0.232. The summed E-state index contributed by atoms with van der Waals surface area (Å²) in [5, 5.41) is 18.0. The van der Waals surface area contributed by atoms with Crippen LogP contribution in [0.3, 0.4) is 0 Å². The monoisotopic (exact) mass is 455 g/mol. The second-order valence-corrected chi connectivity index (χ2v) is 8.43. The van der Waals surface area contributed by atoms with Crippen molar-refractivity contribution in [1.82, 2.24) is 30.2 Å². The van der Waals surface area contributed by atoms with E-state index in [0.29, 0.717) is 42.1 Å². The lowest BCUT2D eigenvalue weighted by atomic mass is 9.96. The third-order valence-electron chi connectivity index (χ3n) is 6.11. The first-order valence-corrected chi connectivity index (χ1v) is 11.7. The number of ether oxygens (including phenoxy) is 2. The maximum Gasteiger partial charge on any atom is 0.315 e. The molecule has 2 amide bonds. The van der Waals surface area contributed by atoms with Crippen molar-refractivity contribution in [3.63, 3.8) is 0 Å². The van der Waals surface area contributed by atoms with Crippen LogP contribution >= 0.6 is 0 Å². The summed E-state index contributed by atoms with van der Waals surface area (Å²) >= 11 is 0. The highest BCUT2D eigenvalue weighted by atomic mass is 16.5. The van der Waals surface area contributed by atoms with Crippen molar-refractivity contribution in [3.8, 4) is 11.5 Å². The first kappa shape index (κ1) is 22.9. The number of hydrogen-bond donors (Lipinski definition) is 3. The van der Waals surface area contributed by atoms with Crippen LogP contribution in [0.15, 0.2) is 12.1 Å². The predicted octanol–water partition coefficient (Wildman–Crippen LogP) is 3.43. The van der Waals surface area contributed by atoms with Crippen LogP contribution in [0.25, 0.3) is 16.7 Å². The molecule has 178 valence electrons. The summed E-state index contributed by atoms with van der Waals surface area (Å²) in [4.78, 5) is 16.8. The zero-order valence-electron chi connectivity index (χ0n) is 19.6. The largest absolute Gasteiger partial charge is 0.493 e. The molecule has 1 fully saturated rings. The number of methoxy groups -OCH3 is 2. The second kappa shape index (κ2) is 10.5. The van der Waals surface area contributed by atoms with Gasteiger partial charge in [-0.15, -0.1) is 10.2 Å². The Hall–Kier alpha value is -3.30. The number of nitrogens with zero attached hydrogens (tertiary/aromatic N) is 4. The maximum atomic E-state index is 12.1. The molecular formula is C23H33N7O3. The molecule has 4 rings (SSSR count). The van der Waals surface area contributed by atoms with Crippen molar-refractivity contribution >= 4 is 28.5 Å². The van der Waals surface area contributed by atoms with E-state index in [4.69, 9.17) is 14.5 Å². The van der Waals surface area contributed by atoms with Crippen molar-refractivity contribution in [2.45, 2.75) is 57.9 Å². The van der Waals surface area contributed by atoms with Crippen LogP contribution < -0.4 is 25.4 Å². The lowest BCUT2D eigenvalue weighted by Crippen LogP contribution is -2.43. The summed E-state index contributed by atoms with van der Waals surface area (Å²) in [5.74, 6) is 2.67. The van der Waals surface area contributed by atoms with Crippen molar-refractivity contribution in [1.29, 1.82) is 0 Å². The van der Waals surface area contributed by atoms with Gasteiger partial charge in [-0.05, 0) is 32.6 Å². The lowest BCUT2D eigenvalue weighted by Gasteiger charge is -2.22. The van der Waals surface area contributed by atoms with Gasteiger partial charge >= 0.3 is 6.03 Å². The van der Waals surface area contributed by atoms with Crippen molar-refractivity contribution < 1.29 is 14.3 Å². The summed E-state index contributed by atoms with van der Waals surface area (Å²) in [6, 6.07) is 4.01. The summed E-state index contributed by atoms with van der Waals surface area (Å²) in [5.41, 5.74) is 2.27. The van der Waals surface area contributed by atoms with E-state index in [1.54, 1.807) is 14.2 Å². The van der Waals surface area contributed by atoms with Crippen LogP contribution in [0.1, 0.15) is 50.8 Å². The highest BCUT2D eigenvalue weighted by Gasteiger charge is 2.17. The fourth-order valence-corrected chi connectivity index (χ4v) is 4.36. The topological polar surface area (TPSA) is 115 Å². The average molecular weight is 456 g/mol. The van der Waals surface area contributed by atoms with E-state index >= 15 is 0 Å². The smallest absolute Gasteiger partial charge is 0.315 e. The van der Waals surface area contributed by atoms with Crippen LogP contribution in [0.4, 0.5) is 10.6 Å². The van der Waals surface area contributed by atoms with Crippen LogP contribution in [-0.2, 0) is 0 Å². The Balaban J connectivity index is 1.35. The van der Waals surface area contributed by atoms with Gasteiger partial charge < -0.3 is 25.4 Å². The fraction of sp³-hybridized carbons (Fsp3) is 0.565. The van der Waals surface area contributed by atoms with Gasteiger partial charge in [0.25, 0.3) is 0 Å². The molecule has 0 radical (unpaired) electrons. The Morgan fingerprint density at radius 3 is 2.55 bits per heavy atom. The van der Waals surface area contributed by atoms with Gasteiger partial charge in [-0.1, -0.05) is 19.3 Å². The Morgan fingerprint density at radius 1 is 1.06 bits per heavy atom. The maximum absolute atomic E-state index is 12.1. The van der Waals surface area contributed by atoms with E-state index < -0.39 is 0 Å². The molecule has 10 nitrogen and oxygen atoms in total. The molecule has 0 spiro atoms. The van der Waals surface area contributed by atoms with E-state index in [9.17, 15) is 4.79 Å². The first-order valence-electron chi connectivity index (χ1n) is 11.7. The summed E-state index contributed by atoms with van der Waals surface area (Å²) in [6.45, 7) is 3.26. The van der Waals surface area contributed by atoms with E-state index in [-0.39, 0.29) is 6.03 Å². The number of aromatic nitrogens is 4. The third kappa shape index (κ3) is 5.20. The fourth-order valence-electron chi connectivity index (χ4n) is 4.36. The third-order valence-corrected chi connectivity index (χ3v) is 6.11. The number of urea groups is 1. The number of anilines is 1. The zero-order chi connectivity index (χ0) is 23.2. The average Bonchev–Trinajstić information content (AvgIpc) is 3.23. The number of benzene rings is 1. The normalized spacial score (nSPS) is 14.4. The molecule has 2 aromatic heterocycles. The number of rotatable bonds is 9. The van der Waals surface area contributed by atoms with Gasteiger partial charge in [0, 0.05) is 31.3 Å². The second-order valence-electron chi connectivity index (χ2n) is 8.43. The SMILES string of the molecule is COc1cc2nc(NCCCCNC(=O)NC3CCCCC3)c3nnc(C)n3c2cc1OC. The molecule has 0 bridgehead atoms. The molecule has 1 aromatic carbocycles. The highest BCUT2D eigenvalue weighted by Crippen LogP contribution is 2.33.